The normalized spacial score (nSPS) is 12.3. The number of anilines is 2. The van der Waals surface area contributed by atoms with Gasteiger partial charge >= 0.3 is 0 Å². The quantitative estimate of drug-likeness (QED) is 0.741. The van der Waals surface area contributed by atoms with Crippen LogP contribution < -0.4 is 20.1 Å². The molecule has 1 amide bonds. The van der Waals surface area contributed by atoms with E-state index in [1.165, 1.54) is 0 Å². The van der Waals surface area contributed by atoms with E-state index in [1.807, 2.05) is 14.1 Å². The Labute approximate surface area is 146 Å². The minimum absolute atomic E-state index is 0.196. The largest absolute Gasteiger partial charge is 0.454 e. The van der Waals surface area contributed by atoms with Gasteiger partial charge in [-0.05, 0) is 45.3 Å². The van der Waals surface area contributed by atoms with E-state index in [0.717, 1.165) is 19.5 Å². The van der Waals surface area contributed by atoms with Gasteiger partial charge in [0.2, 0.25) is 12.7 Å². The average molecular weight is 343 g/mol. The van der Waals surface area contributed by atoms with Crippen molar-refractivity contribution < 1.29 is 14.3 Å². The number of ether oxygens (including phenoxy) is 2. The minimum Gasteiger partial charge on any atom is -0.454 e. The number of benzene rings is 1. The molecular formula is C17H21N5O3. The molecule has 3 rings (SSSR count). The summed E-state index contributed by atoms with van der Waals surface area (Å²) in [6.07, 6.45) is 2.53. The Kier molecular flexibility index (Phi) is 5.30. The number of nitrogens with one attached hydrogen (secondary N) is 2. The average Bonchev–Trinajstić information content (AvgIpc) is 3.06. The van der Waals surface area contributed by atoms with Crippen LogP contribution in [0.1, 0.15) is 16.9 Å². The Balaban J connectivity index is 1.59. The Morgan fingerprint density at radius 2 is 2.08 bits per heavy atom. The number of carbonyl (C=O) groups excluding carboxylic acids is 1. The zero-order valence-corrected chi connectivity index (χ0v) is 14.3. The summed E-state index contributed by atoms with van der Waals surface area (Å²) < 4.78 is 10.6. The molecule has 132 valence electrons. The topological polar surface area (TPSA) is 88.6 Å². The van der Waals surface area contributed by atoms with Gasteiger partial charge in [-0.25, -0.2) is 9.97 Å². The number of hydrogen-bond acceptors (Lipinski definition) is 7. The summed E-state index contributed by atoms with van der Waals surface area (Å²) in [6, 6.07) is 6.82. The van der Waals surface area contributed by atoms with Crippen LogP contribution in [0.15, 0.2) is 30.5 Å². The Hall–Kier alpha value is -2.87. The molecule has 0 radical (unpaired) electrons. The van der Waals surface area contributed by atoms with E-state index in [9.17, 15) is 4.79 Å². The molecule has 0 atom stereocenters. The van der Waals surface area contributed by atoms with Crippen molar-refractivity contribution in [1.29, 1.82) is 0 Å². The predicted octanol–water partition coefficient (Wildman–Crippen LogP) is 1.82. The van der Waals surface area contributed by atoms with Crippen LogP contribution in [-0.4, -0.2) is 54.8 Å². The molecule has 0 aliphatic carbocycles. The number of carbonyl (C=O) groups is 1. The molecule has 2 N–H and O–H groups in total. The molecule has 1 aliphatic heterocycles. The molecule has 0 fully saturated rings. The van der Waals surface area contributed by atoms with Crippen molar-refractivity contribution in [3.8, 4) is 11.5 Å². The fourth-order valence-corrected chi connectivity index (χ4v) is 2.34. The summed E-state index contributed by atoms with van der Waals surface area (Å²) in [5, 5.41) is 5.93. The van der Waals surface area contributed by atoms with E-state index in [2.05, 4.69) is 25.5 Å². The van der Waals surface area contributed by atoms with Crippen LogP contribution in [0.25, 0.3) is 0 Å². The molecule has 0 saturated carbocycles. The van der Waals surface area contributed by atoms with Crippen molar-refractivity contribution in [2.75, 3.05) is 44.6 Å². The molecule has 0 spiro atoms. The van der Waals surface area contributed by atoms with Gasteiger partial charge in [0.25, 0.3) is 5.91 Å². The maximum absolute atomic E-state index is 12.4. The van der Waals surface area contributed by atoms with Crippen LogP contribution in [0, 0.1) is 0 Å². The Bertz CT molecular complexity index is 751. The number of fused-ring (bicyclic) bond motifs is 1. The molecule has 2 aromatic rings. The SMILES string of the molecule is CN(C)CCCNc1nccc(C(=O)Nc2ccc3c(c2)OCO3)n1. The molecule has 25 heavy (non-hydrogen) atoms. The predicted molar refractivity (Wildman–Crippen MR) is 94.2 cm³/mol. The zero-order valence-electron chi connectivity index (χ0n) is 14.3. The van der Waals surface area contributed by atoms with E-state index in [0.29, 0.717) is 28.8 Å². The highest BCUT2D eigenvalue weighted by molar-refractivity contribution is 6.03. The van der Waals surface area contributed by atoms with Gasteiger partial charge in [-0.3, -0.25) is 4.79 Å². The van der Waals surface area contributed by atoms with E-state index >= 15 is 0 Å². The second kappa shape index (κ2) is 7.80. The second-order valence-electron chi connectivity index (χ2n) is 5.87. The van der Waals surface area contributed by atoms with Gasteiger partial charge in [-0.15, -0.1) is 0 Å². The molecular weight excluding hydrogens is 322 g/mol. The molecule has 2 heterocycles. The van der Waals surface area contributed by atoms with Gasteiger partial charge in [0.1, 0.15) is 5.69 Å². The lowest BCUT2D eigenvalue weighted by atomic mass is 10.2. The number of amides is 1. The van der Waals surface area contributed by atoms with Crippen molar-refractivity contribution >= 4 is 17.5 Å². The van der Waals surface area contributed by atoms with Gasteiger partial charge < -0.3 is 25.0 Å². The first-order chi connectivity index (χ1) is 12.1. The van der Waals surface area contributed by atoms with Crippen molar-refractivity contribution in [2.45, 2.75) is 6.42 Å². The number of rotatable bonds is 7. The van der Waals surface area contributed by atoms with Crippen LogP contribution in [0.3, 0.4) is 0 Å². The first-order valence-corrected chi connectivity index (χ1v) is 8.04. The molecule has 1 aromatic heterocycles. The third-order valence-corrected chi connectivity index (χ3v) is 3.58. The van der Waals surface area contributed by atoms with E-state index < -0.39 is 0 Å². The molecule has 0 unspecified atom stereocenters. The first kappa shape index (κ1) is 17.0. The van der Waals surface area contributed by atoms with Crippen LogP contribution in [-0.2, 0) is 0 Å². The molecule has 1 aliphatic rings. The third-order valence-electron chi connectivity index (χ3n) is 3.58. The summed E-state index contributed by atoms with van der Waals surface area (Å²) in [6.45, 7) is 1.91. The van der Waals surface area contributed by atoms with Crippen molar-refractivity contribution in [3.63, 3.8) is 0 Å². The van der Waals surface area contributed by atoms with Crippen LogP contribution in [0.5, 0.6) is 11.5 Å². The van der Waals surface area contributed by atoms with Crippen LogP contribution >= 0.6 is 0 Å². The summed E-state index contributed by atoms with van der Waals surface area (Å²) in [5.74, 6) is 1.42. The van der Waals surface area contributed by atoms with Gasteiger partial charge in [0, 0.05) is 24.5 Å². The molecule has 8 heteroatoms. The van der Waals surface area contributed by atoms with E-state index in [-0.39, 0.29) is 12.7 Å². The van der Waals surface area contributed by atoms with Gasteiger partial charge in [0.05, 0.1) is 0 Å². The highest BCUT2D eigenvalue weighted by Crippen LogP contribution is 2.34. The maximum atomic E-state index is 12.4. The van der Waals surface area contributed by atoms with E-state index in [4.69, 9.17) is 9.47 Å². The van der Waals surface area contributed by atoms with Crippen molar-refractivity contribution in [2.24, 2.45) is 0 Å². The van der Waals surface area contributed by atoms with Crippen LogP contribution in [0.4, 0.5) is 11.6 Å². The smallest absolute Gasteiger partial charge is 0.274 e. The Morgan fingerprint density at radius 3 is 2.92 bits per heavy atom. The Morgan fingerprint density at radius 1 is 1.24 bits per heavy atom. The first-order valence-electron chi connectivity index (χ1n) is 8.04. The zero-order chi connectivity index (χ0) is 17.6. The maximum Gasteiger partial charge on any atom is 0.274 e. The fourth-order valence-electron chi connectivity index (χ4n) is 2.34. The van der Waals surface area contributed by atoms with Crippen LogP contribution in [0.2, 0.25) is 0 Å². The number of hydrogen-bond donors (Lipinski definition) is 2. The standard InChI is InChI=1S/C17H21N5O3/c1-22(2)9-3-7-18-17-19-8-6-13(21-17)16(23)20-12-4-5-14-15(10-12)25-11-24-14/h4-6,8,10H,3,7,9,11H2,1-2H3,(H,20,23)(H,18,19,21). The molecule has 0 saturated heterocycles. The lowest BCUT2D eigenvalue weighted by Gasteiger charge is -2.10. The van der Waals surface area contributed by atoms with Gasteiger partial charge in [-0.2, -0.15) is 0 Å². The molecule has 0 bridgehead atoms. The summed E-state index contributed by atoms with van der Waals surface area (Å²) in [7, 11) is 4.05. The van der Waals surface area contributed by atoms with E-state index in [1.54, 1.807) is 30.5 Å². The van der Waals surface area contributed by atoms with Gasteiger partial charge in [-0.1, -0.05) is 0 Å². The minimum atomic E-state index is -0.308. The summed E-state index contributed by atoms with van der Waals surface area (Å²) >= 11 is 0. The second-order valence-corrected chi connectivity index (χ2v) is 5.87. The fraction of sp³-hybridized carbons (Fsp3) is 0.353. The molecule has 8 nitrogen and oxygen atoms in total. The monoisotopic (exact) mass is 343 g/mol. The van der Waals surface area contributed by atoms with Gasteiger partial charge in [0.15, 0.2) is 11.5 Å². The van der Waals surface area contributed by atoms with Crippen molar-refractivity contribution in [3.05, 3.63) is 36.2 Å². The highest BCUT2D eigenvalue weighted by atomic mass is 16.7. The summed E-state index contributed by atoms with van der Waals surface area (Å²) in [5.41, 5.74) is 0.913. The summed E-state index contributed by atoms with van der Waals surface area (Å²) in [4.78, 5) is 22.9. The number of aromatic nitrogens is 2. The lowest BCUT2D eigenvalue weighted by molar-refractivity contribution is 0.102. The van der Waals surface area contributed by atoms with Crippen molar-refractivity contribution in [1.82, 2.24) is 14.9 Å². The highest BCUT2D eigenvalue weighted by Gasteiger charge is 2.15. The lowest BCUT2D eigenvalue weighted by Crippen LogP contribution is -2.18. The third kappa shape index (κ3) is 4.57. The number of nitrogens with zero attached hydrogens (tertiary/aromatic N) is 3. The molecule has 1 aromatic carbocycles.